The second-order valence-electron chi connectivity index (χ2n) is 6.88. The monoisotopic (exact) mass is 374 g/mol. The number of nitrogens with zero attached hydrogens (tertiary/aromatic N) is 2. The fourth-order valence-corrected chi connectivity index (χ4v) is 4.86. The van der Waals surface area contributed by atoms with E-state index in [0.29, 0.717) is 13.0 Å². The van der Waals surface area contributed by atoms with Crippen molar-refractivity contribution in [3.63, 3.8) is 0 Å². The molecule has 1 aliphatic carbocycles. The topological polar surface area (TPSA) is 76.5 Å². The van der Waals surface area contributed by atoms with Gasteiger partial charge in [-0.05, 0) is 30.0 Å². The summed E-state index contributed by atoms with van der Waals surface area (Å²) in [5, 5.41) is 13.2. The van der Waals surface area contributed by atoms with Gasteiger partial charge in [0.1, 0.15) is 11.4 Å². The largest absolute Gasteiger partial charge is 0.343 e. The van der Waals surface area contributed by atoms with Gasteiger partial charge in [-0.25, -0.2) is 4.39 Å². The van der Waals surface area contributed by atoms with E-state index in [1.54, 1.807) is 18.0 Å². The average molecular weight is 374 g/mol. The van der Waals surface area contributed by atoms with Crippen LogP contribution >= 0.6 is 11.3 Å². The van der Waals surface area contributed by atoms with Crippen LogP contribution in [-0.4, -0.2) is 47.7 Å². The molecule has 0 bridgehead atoms. The van der Waals surface area contributed by atoms with Crippen LogP contribution < -0.4 is 5.32 Å². The molecule has 6 nitrogen and oxygen atoms in total. The zero-order valence-corrected chi connectivity index (χ0v) is 15.1. The van der Waals surface area contributed by atoms with Crippen LogP contribution in [0.2, 0.25) is 0 Å². The summed E-state index contributed by atoms with van der Waals surface area (Å²) in [4.78, 5) is 29.7. The van der Waals surface area contributed by atoms with E-state index in [4.69, 9.17) is 5.41 Å². The van der Waals surface area contributed by atoms with E-state index in [0.717, 1.165) is 4.88 Å². The number of carbonyl (C=O) groups excluding carboxylic acids is 2. The van der Waals surface area contributed by atoms with Crippen LogP contribution in [0.5, 0.6) is 0 Å². The van der Waals surface area contributed by atoms with E-state index in [1.165, 1.54) is 28.4 Å². The number of halogens is 1. The minimum Gasteiger partial charge on any atom is -0.343 e. The number of likely N-dealkylation sites (tertiary alicyclic amines) is 1. The quantitative estimate of drug-likeness (QED) is 0.829. The van der Waals surface area contributed by atoms with Crippen molar-refractivity contribution < 1.29 is 14.0 Å². The summed E-state index contributed by atoms with van der Waals surface area (Å²) in [5.41, 5.74) is -0.774. The maximum atomic E-state index is 13.2. The van der Waals surface area contributed by atoms with Crippen LogP contribution in [0.25, 0.3) is 0 Å². The second-order valence-corrected chi connectivity index (χ2v) is 7.83. The van der Waals surface area contributed by atoms with Crippen molar-refractivity contribution in [3.8, 4) is 0 Å². The molecule has 0 spiro atoms. The Hall–Kier alpha value is -2.48. The third kappa shape index (κ3) is 2.47. The van der Waals surface area contributed by atoms with Crippen LogP contribution in [0.1, 0.15) is 11.3 Å². The Labute approximate surface area is 154 Å². The molecule has 3 unspecified atom stereocenters. The van der Waals surface area contributed by atoms with Gasteiger partial charge in [0.15, 0.2) is 5.96 Å². The molecular formula is C18H19FN4O2S. The van der Waals surface area contributed by atoms with Gasteiger partial charge in [0, 0.05) is 25.0 Å². The van der Waals surface area contributed by atoms with Crippen molar-refractivity contribution >= 4 is 29.1 Å². The molecule has 2 saturated heterocycles. The van der Waals surface area contributed by atoms with Gasteiger partial charge in [-0.1, -0.05) is 12.1 Å². The van der Waals surface area contributed by atoms with Crippen molar-refractivity contribution in [2.24, 2.45) is 11.8 Å². The van der Waals surface area contributed by atoms with Gasteiger partial charge >= 0.3 is 0 Å². The van der Waals surface area contributed by atoms with Gasteiger partial charge in [-0.2, -0.15) is 0 Å². The predicted molar refractivity (Wildman–Crippen MR) is 96.1 cm³/mol. The van der Waals surface area contributed by atoms with Gasteiger partial charge in [-0.15, -0.1) is 11.3 Å². The molecule has 0 saturated carbocycles. The number of nitrogens with one attached hydrogen (secondary N) is 2. The molecule has 3 heterocycles. The minimum atomic E-state index is -0.774. The van der Waals surface area contributed by atoms with Gasteiger partial charge in [-0.3, -0.25) is 19.9 Å². The number of hydrogen-bond acceptors (Lipinski definition) is 4. The summed E-state index contributed by atoms with van der Waals surface area (Å²) in [6.07, 6.45) is 4.64. The number of rotatable bonds is 2. The lowest BCUT2D eigenvalue weighted by molar-refractivity contribution is -0.134. The number of carbonyl (C=O) groups is 2. The fraction of sp³-hybridized carbons (Fsp3) is 0.389. The first-order chi connectivity index (χ1) is 12.4. The van der Waals surface area contributed by atoms with Crippen molar-refractivity contribution in [1.82, 2.24) is 15.1 Å². The standard InChI is InChI=1S/C18H19FN4O2S/c1-22-16(25)13-9-23(15(24)11-4-6-12(19)7-5-11)10-18(13,21-17(22)20)14-3-2-8-26-14/h2-4,6-8,11,13H,5,9-10H2,1H3,(H2,20,21). The van der Waals surface area contributed by atoms with Gasteiger partial charge in [0.2, 0.25) is 11.8 Å². The van der Waals surface area contributed by atoms with Gasteiger partial charge < -0.3 is 10.2 Å². The van der Waals surface area contributed by atoms with Crippen LogP contribution in [0.4, 0.5) is 4.39 Å². The summed E-state index contributed by atoms with van der Waals surface area (Å²) < 4.78 is 13.2. The van der Waals surface area contributed by atoms with E-state index in [1.807, 2.05) is 17.5 Å². The van der Waals surface area contributed by atoms with Gasteiger partial charge in [0.25, 0.3) is 0 Å². The van der Waals surface area contributed by atoms with E-state index in [9.17, 15) is 14.0 Å². The van der Waals surface area contributed by atoms with Crippen molar-refractivity contribution in [2.75, 3.05) is 20.1 Å². The summed E-state index contributed by atoms with van der Waals surface area (Å²) in [7, 11) is 1.57. The van der Waals surface area contributed by atoms with E-state index >= 15 is 0 Å². The number of allylic oxidation sites excluding steroid dienone is 3. The highest BCUT2D eigenvalue weighted by Gasteiger charge is 2.57. The number of thiophene rings is 1. The smallest absolute Gasteiger partial charge is 0.236 e. The Balaban J connectivity index is 1.66. The first-order valence-corrected chi connectivity index (χ1v) is 9.31. The first kappa shape index (κ1) is 17.0. The number of hydrogen-bond donors (Lipinski definition) is 2. The molecule has 0 aromatic carbocycles. The molecule has 2 fully saturated rings. The summed E-state index contributed by atoms with van der Waals surface area (Å²) >= 11 is 1.51. The summed E-state index contributed by atoms with van der Waals surface area (Å²) in [6, 6.07) is 3.84. The highest BCUT2D eigenvalue weighted by Crippen LogP contribution is 2.43. The lowest BCUT2D eigenvalue weighted by Gasteiger charge is -2.42. The second kappa shape index (κ2) is 6.05. The van der Waals surface area contributed by atoms with E-state index in [2.05, 4.69) is 5.32 Å². The molecule has 2 N–H and O–H groups in total. The lowest BCUT2D eigenvalue weighted by atomic mass is 9.83. The molecule has 4 rings (SSSR count). The molecule has 2 aliphatic heterocycles. The highest BCUT2D eigenvalue weighted by molar-refractivity contribution is 7.10. The van der Waals surface area contributed by atoms with Crippen LogP contribution in [0, 0.1) is 17.2 Å². The summed E-state index contributed by atoms with van der Waals surface area (Å²) in [6.45, 7) is 0.603. The molecule has 8 heteroatoms. The number of guanidine groups is 1. The maximum absolute atomic E-state index is 13.2. The maximum Gasteiger partial charge on any atom is 0.236 e. The van der Waals surface area contributed by atoms with Gasteiger partial charge in [0.05, 0.1) is 11.8 Å². The van der Waals surface area contributed by atoms with Crippen molar-refractivity contribution in [1.29, 1.82) is 5.41 Å². The van der Waals surface area contributed by atoms with E-state index in [-0.39, 0.29) is 30.1 Å². The molecule has 2 amide bonds. The van der Waals surface area contributed by atoms with Crippen LogP contribution in [0.3, 0.4) is 0 Å². The first-order valence-electron chi connectivity index (χ1n) is 8.43. The molecule has 1 aromatic heterocycles. The Bertz CT molecular complexity index is 834. The zero-order valence-electron chi connectivity index (χ0n) is 14.2. The normalized spacial score (nSPS) is 30.9. The molecule has 26 heavy (non-hydrogen) atoms. The molecule has 136 valence electrons. The van der Waals surface area contributed by atoms with Crippen molar-refractivity contribution in [2.45, 2.75) is 12.0 Å². The number of fused-ring (bicyclic) bond motifs is 1. The molecule has 1 aromatic rings. The SMILES string of the molecule is CN1C(=N)NC2(c3cccs3)CN(C(=O)C3C=CC(F)=CC3)CC2C1=O. The van der Waals surface area contributed by atoms with Crippen molar-refractivity contribution in [3.05, 3.63) is 46.4 Å². The zero-order chi connectivity index (χ0) is 18.5. The highest BCUT2D eigenvalue weighted by atomic mass is 32.1. The predicted octanol–water partition coefficient (Wildman–Crippen LogP) is 1.83. The summed E-state index contributed by atoms with van der Waals surface area (Å²) in [5.74, 6) is -1.43. The number of amides is 2. The van der Waals surface area contributed by atoms with Crippen LogP contribution in [0.15, 0.2) is 41.6 Å². The third-order valence-corrected chi connectivity index (χ3v) is 6.44. The third-order valence-electron chi connectivity index (χ3n) is 5.39. The minimum absolute atomic E-state index is 0.0384. The fourth-order valence-electron chi connectivity index (χ4n) is 3.93. The molecule has 0 radical (unpaired) electrons. The molecule has 3 atom stereocenters. The molecule has 3 aliphatic rings. The Morgan fingerprint density at radius 2 is 2.31 bits per heavy atom. The average Bonchev–Trinajstić information content (AvgIpc) is 3.28. The molecular weight excluding hydrogens is 355 g/mol. The Kier molecular flexibility index (Phi) is 3.95. The van der Waals surface area contributed by atoms with E-state index < -0.39 is 17.4 Å². The lowest BCUT2D eigenvalue weighted by Crippen LogP contribution is -2.64. The Morgan fingerprint density at radius 1 is 1.50 bits per heavy atom. The Morgan fingerprint density at radius 3 is 2.96 bits per heavy atom. The van der Waals surface area contributed by atoms with Crippen LogP contribution in [-0.2, 0) is 15.1 Å².